The highest BCUT2D eigenvalue weighted by molar-refractivity contribution is 9.10. The van der Waals surface area contributed by atoms with Crippen LogP contribution >= 0.6 is 15.9 Å². The molecule has 0 aliphatic heterocycles. The predicted octanol–water partition coefficient (Wildman–Crippen LogP) is 3.20. The summed E-state index contributed by atoms with van der Waals surface area (Å²) in [7, 11) is 0. The molecule has 1 aliphatic rings. The molecule has 70 valence electrons. The molecule has 1 aliphatic carbocycles. The van der Waals surface area contributed by atoms with E-state index in [0.29, 0.717) is 6.04 Å². The van der Waals surface area contributed by atoms with E-state index in [0.717, 1.165) is 4.47 Å². The first kappa shape index (κ1) is 9.00. The molecule has 2 nitrogen and oxygen atoms in total. The van der Waals surface area contributed by atoms with E-state index in [4.69, 9.17) is 0 Å². The van der Waals surface area contributed by atoms with Gasteiger partial charge in [0.25, 0.3) is 0 Å². The Balaban J connectivity index is 2.04. The molecule has 0 atom stereocenters. The van der Waals surface area contributed by atoms with Crippen molar-refractivity contribution in [2.75, 3.05) is 5.32 Å². The smallest absolute Gasteiger partial charge is 0.0590 e. The number of nitrogens with one attached hydrogen (secondary N) is 1. The lowest BCUT2D eigenvalue weighted by Crippen LogP contribution is -2.14. The molecule has 1 fully saturated rings. The van der Waals surface area contributed by atoms with Gasteiger partial charge in [0.2, 0.25) is 0 Å². The van der Waals surface area contributed by atoms with Crippen LogP contribution in [0.4, 0.5) is 5.69 Å². The van der Waals surface area contributed by atoms with Crippen molar-refractivity contribution in [3.63, 3.8) is 0 Å². The minimum atomic E-state index is 0.665. The number of hydrogen-bond acceptors (Lipinski definition) is 2. The number of anilines is 1. The maximum absolute atomic E-state index is 4.03. The summed E-state index contributed by atoms with van der Waals surface area (Å²) in [5.74, 6) is 0. The highest BCUT2D eigenvalue weighted by Gasteiger charge is 2.14. The van der Waals surface area contributed by atoms with Gasteiger partial charge in [-0.25, -0.2) is 0 Å². The van der Waals surface area contributed by atoms with Gasteiger partial charge in [0, 0.05) is 18.4 Å². The Hall–Kier alpha value is -0.570. The van der Waals surface area contributed by atoms with Crippen molar-refractivity contribution in [2.45, 2.75) is 31.7 Å². The molecule has 0 unspecified atom stereocenters. The van der Waals surface area contributed by atoms with Gasteiger partial charge in [-0.2, -0.15) is 0 Å². The molecule has 0 saturated heterocycles. The molecule has 1 N–H and O–H groups in total. The van der Waals surface area contributed by atoms with Gasteiger partial charge in [-0.1, -0.05) is 12.8 Å². The predicted molar refractivity (Wildman–Crippen MR) is 57.8 cm³/mol. The van der Waals surface area contributed by atoms with Crippen molar-refractivity contribution in [2.24, 2.45) is 0 Å². The lowest BCUT2D eigenvalue weighted by Gasteiger charge is -2.14. The van der Waals surface area contributed by atoms with E-state index in [-0.39, 0.29) is 0 Å². The molecule has 2 rings (SSSR count). The Morgan fingerprint density at radius 3 is 2.85 bits per heavy atom. The second-order valence-corrected chi connectivity index (χ2v) is 4.34. The number of halogens is 1. The fourth-order valence-corrected chi connectivity index (χ4v) is 2.15. The van der Waals surface area contributed by atoms with Crippen LogP contribution in [0.3, 0.4) is 0 Å². The van der Waals surface area contributed by atoms with Crippen LogP contribution in [0.1, 0.15) is 25.7 Å². The maximum atomic E-state index is 4.03. The van der Waals surface area contributed by atoms with Gasteiger partial charge >= 0.3 is 0 Å². The lowest BCUT2D eigenvalue weighted by molar-refractivity contribution is 0.754. The average Bonchev–Trinajstić information content (AvgIpc) is 2.61. The van der Waals surface area contributed by atoms with E-state index in [2.05, 4.69) is 26.2 Å². The van der Waals surface area contributed by atoms with Crippen LogP contribution in [-0.4, -0.2) is 11.0 Å². The molecule has 3 heteroatoms. The summed E-state index contributed by atoms with van der Waals surface area (Å²) >= 11 is 3.48. The highest BCUT2D eigenvalue weighted by atomic mass is 79.9. The quantitative estimate of drug-likeness (QED) is 0.859. The van der Waals surface area contributed by atoms with E-state index in [1.54, 1.807) is 0 Å². The Labute approximate surface area is 86.9 Å². The minimum absolute atomic E-state index is 0.665. The summed E-state index contributed by atoms with van der Waals surface area (Å²) in [5, 5.41) is 3.52. The zero-order chi connectivity index (χ0) is 9.10. The largest absolute Gasteiger partial charge is 0.381 e. The molecule has 1 saturated carbocycles. The molecule has 1 aromatic heterocycles. The van der Waals surface area contributed by atoms with E-state index < -0.39 is 0 Å². The Kier molecular flexibility index (Phi) is 2.83. The fourth-order valence-electron chi connectivity index (χ4n) is 1.78. The van der Waals surface area contributed by atoms with Crippen LogP contribution in [0.5, 0.6) is 0 Å². The monoisotopic (exact) mass is 240 g/mol. The highest BCUT2D eigenvalue weighted by Crippen LogP contribution is 2.26. The van der Waals surface area contributed by atoms with Gasteiger partial charge in [0.1, 0.15) is 0 Å². The molecule has 0 spiro atoms. The second kappa shape index (κ2) is 4.09. The van der Waals surface area contributed by atoms with Crippen LogP contribution in [-0.2, 0) is 0 Å². The molecule has 0 radical (unpaired) electrons. The maximum Gasteiger partial charge on any atom is 0.0590 e. The van der Waals surface area contributed by atoms with Crippen LogP contribution in [0.2, 0.25) is 0 Å². The van der Waals surface area contributed by atoms with Crippen molar-refractivity contribution >= 4 is 21.6 Å². The van der Waals surface area contributed by atoms with Gasteiger partial charge in [-0.15, -0.1) is 0 Å². The number of rotatable bonds is 2. The molecule has 1 aromatic rings. The zero-order valence-corrected chi connectivity index (χ0v) is 9.05. The first-order valence-electron chi connectivity index (χ1n) is 4.72. The van der Waals surface area contributed by atoms with Gasteiger partial charge in [0.05, 0.1) is 10.2 Å². The van der Waals surface area contributed by atoms with Crippen molar-refractivity contribution in [3.05, 3.63) is 22.9 Å². The molecule has 1 heterocycles. The summed E-state index contributed by atoms with van der Waals surface area (Å²) in [6.07, 6.45) is 8.98. The zero-order valence-electron chi connectivity index (χ0n) is 7.46. The molecule has 0 amide bonds. The standard InChI is InChI=1S/C10H13BrN2/c11-9-7-12-6-5-10(9)13-8-3-1-2-4-8/h5-8H,1-4H2,(H,12,13). The number of pyridine rings is 1. The van der Waals surface area contributed by atoms with Crippen LogP contribution < -0.4 is 5.32 Å². The third kappa shape index (κ3) is 2.21. The minimum Gasteiger partial charge on any atom is -0.381 e. The Bertz CT molecular complexity index is 282. The first-order chi connectivity index (χ1) is 6.36. The molecular weight excluding hydrogens is 228 g/mol. The van der Waals surface area contributed by atoms with E-state index in [9.17, 15) is 0 Å². The Morgan fingerprint density at radius 2 is 2.15 bits per heavy atom. The molecule has 0 bridgehead atoms. The summed E-state index contributed by atoms with van der Waals surface area (Å²) in [6, 6.07) is 2.68. The summed E-state index contributed by atoms with van der Waals surface area (Å²) < 4.78 is 1.06. The summed E-state index contributed by atoms with van der Waals surface area (Å²) in [5.41, 5.74) is 1.17. The fraction of sp³-hybridized carbons (Fsp3) is 0.500. The van der Waals surface area contributed by atoms with Crippen molar-refractivity contribution in [1.29, 1.82) is 0 Å². The topological polar surface area (TPSA) is 24.9 Å². The second-order valence-electron chi connectivity index (χ2n) is 3.48. The van der Waals surface area contributed by atoms with E-state index in [1.165, 1.54) is 31.4 Å². The van der Waals surface area contributed by atoms with Gasteiger partial charge in [0.15, 0.2) is 0 Å². The van der Waals surface area contributed by atoms with Crippen LogP contribution in [0, 0.1) is 0 Å². The van der Waals surface area contributed by atoms with Gasteiger partial charge in [-0.3, -0.25) is 4.98 Å². The third-order valence-electron chi connectivity index (χ3n) is 2.49. The molecular formula is C10H13BrN2. The van der Waals surface area contributed by atoms with Gasteiger partial charge in [-0.05, 0) is 34.8 Å². The normalized spacial score (nSPS) is 17.6. The van der Waals surface area contributed by atoms with Crippen LogP contribution in [0.25, 0.3) is 0 Å². The number of aromatic nitrogens is 1. The first-order valence-corrected chi connectivity index (χ1v) is 5.51. The lowest BCUT2D eigenvalue weighted by atomic mass is 10.2. The Morgan fingerprint density at radius 1 is 1.38 bits per heavy atom. The molecule has 0 aromatic carbocycles. The van der Waals surface area contributed by atoms with Crippen LogP contribution in [0.15, 0.2) is 22.9 Å². The number of hydrogen-bond donors (Lipinski definition) is 1. The number of nitrogens with zero attached hydrogens (tertiary/aromatic N) is 1. The summed E-state index contributed by atoms with van der Waals surface area (Å²) in [6.45, 7) is 0. The third-order valence-corrected chi connectivity index (χ3v) is 3.12. The van der Waals surface area contributed by atoms with Gasteiger partial charge < -0.3 is 5.32 Å². The molecule has 13 heavy (non-hydrogen) atoms. The van der Waals surface area contributed by atoms with E-state index >= 15 is 0 Å². The van der Waals surface area contributed by atoms with E-state index in [1.807, 2.05) is 18.5 Å². The van der Waals surface area contributed by atoms with Crippen molar-refractivity contribution in [3.8, 4) is 0 Å². The SMILES string of the molecule is Brc1cnccc1NC1CCCC1. The average molecular weight is 241 g/mol. The van der Waals surface area contributed by atoms with Crippen molar-refractivity contribution < 1.29 is 0 Å². The van der Waals surface area contributed by atoms with Crippen molar-refractivity contribution in [1.82, 2.24) is 4.98 Å². The summed E-state index contributed by atoms with van der Waals surface area (Å²) in [4.78, 5) is 4.03.